The Hall–Kier alpha value is -1.46. The van der Waals surface area contributed by atoms with Crippen LogP contribution in [0.2, 0.25) is 0 Å². The zero-order chi connectivity index (χ0) is 15.5. The second kappa shape index (κ2) is 6.75. The number of benzene rings is 1. The molecule has 5 heteroatoms. The number of nitrogens with zero attached hydrogens (tertiary/aromatic N) is 1. The lowest BCUT2D eigenvalue weighted by atomic mass is 10.1. The van der Waals surface area contributed by atoms with E-state index in [0.717, 1.165) is 24.4 Å². The third-order valence-corrected chi connectivity index (χ3v) is 6.19. The van der Waals surface area contributed by atoms with Crippen LogP contribution < -0.4 is 5.32 Å². The van der Waals surface area contributed by atoms with Gasteiger partial charge in [0.15, 0.2) is 0 Å². The van der Waals surface area contributed by atoms with Crippen molar-refractivity contribution in [3.8, 4) is 0 Å². The standard InChI is InChI=1S/C17H20N2OS2/c1-3-13-5-4-6-14(11-13)18-17(20)19-9-10-21-16(19)15-8-7-12(2)22-15/h4-8,11,16H,3,9-10H2,1-2H3,(H,18,20)/t16-/m1/s1. The van der Waals surface area contributed by atoms with Crippen LogP contribution in [0.5, 0.6) is 0 Å². The molecule has 0 saturated carbocycles. The Morgan fingerprint density at radius 1 is 1.36 bits per heavy atom. The molecule has 22 heavy (non-hydrogen) atoms. The van der Waals surface area contributed by atoms with Crippen molar-refractivity contribution in [2.24, 2.45) is 0 Å². The Bertz CT molecular complexity index is 668. The molecule has 116 valence electrons. The molecular weight excluding hydrogens is 312 g/mol. The van der Waals surface area contributed by atoms with E-state index in [1.54, 1.807) is 11.3 Å². The monoisotopic (exact) mass is 332 g/mol. The first-order chi connectivity index (χ1) is 10.7. The lowest BCUT2D eigenvalue weighted by Gasteiger charge is -2.23. The maximum absolute atomic E-state index is 12.6. The molecular formula is C17H20N2OS2. The van der Waals surface area contributed by atoms with Gasteiger partial charge in [-0.25, -0.2) is 4.79 Å². The van der Waals surface area contributed by atoms with Gasteiger partial charge in [0.25, 0.3) is 0 Å². The molecule has 1 aromatic carbocycles. The molecule has 3 rings (SSSR count). The molecule has 1 aromatic heterocycles. The van der Waals surface area contributed by atoms with Crippen molar-refractivity contribution in [2.45, 2.75) is 25.6 Å². The second-order valence-electron chi connectivity index (χ2n) is 5.35. The maximum atomic E-state index is 12.6. The average molecular weight is 332 g/mol. The predicted octanol–water partition coefficient (Wildman–Crippen LogP) is 4.90. The zero-order valence-corrected chi connectivity index (χ0v) is 14.5. The SMILES string of the molecule is CCc1cccc(NC(=O)N2CCS[C@@H]2c2ccc(C)s2)c1. The van der Waals surface area contributed by atoms with E-state index in [-0.39, 0.29) is 11.4 Å². The first-order valence-corrected chi connectivity index (χ1v) is 9.38. The first-order valence-electron chi connectivity index (χ1n) is 7.52. The molecule has 2 heterocycles. The first kappa shape index (κ1) is 15.4. The number of hydrogen-bond donors (Lipinski definition) is 1. The summed E-state index contributed by atoms with van der Waals surface area (Å²) in [4.78, 5) is 17.1. The van der Waals surface area contributed by atoms with Crippen molar-refractivity contribution < 1.29 is 4.79 Å². The fourth-order valence-electron chi connectivity index (χ4n) is 2.56. The highest BCUT2D eigenvalue weighted by molar-refractivity contribution is 7.99. The van der Waals surface area contributed by atoms with E-state index < -0.39 is 0 Å². The number of carbonyl (C=O) groups excluding carboxylic acids is 1. The van der Waals surface area contributed by atoms with Crippen LogP contribution in [0.1, 0.15) is 27.6 Å². The zero-order valence-electron chi connectivity index (χ0n) is 12.8. The summed E-state index contributed by atoms with van der Waals surface area (Å²) in [6.07, 6.45) is 0.973. The Morgan fingerprint density at radius 3 is 2.95 bits per heavy atom. The van der Waals surface area contributed by atoms with E-state index in [0.29, 0.717) is 0 Å². The van der Waals surface area contributed by atoms with Gasteiger partial charge in [-0.05, 0) is 43.2 Å². The van der Waals surface area contributed by atoms with Gasteiger partial charge in [0.05, 0.1) is 0 Å². The van der Waals surface area contributed by atoms with Gasteiger partial charge in [0.1, 0.15) is 5.37 Å². The van der Waals surface area contributed by atoms with Gasteiger partial charge in [0, 0.05) is 27.7 Å². The number of thioether (sulfide) groups is 1. The summed E-state index contributed by atoms with van der Waals surface area (Å²) in [6.45, 7) is 5.02. The van der Waals surface area contributed by atoms with E-state index in [4.69, 9.17) is 0 Å². The number of aryl methyl sites for hydroxylation is 2. The largest absolute Gasteiger partial charge is 0.323 e. The fraction of sp³-hybridized carbons (Fsp3) is 0.353. The minimum atomic E-state index is -0.00527. The lowest BCUT2D eigenvalue weighted by molar-refractivity contribution is 0.215. The van der Waals surface area contributed by atoms with Crippen LogP contribution in [0, 0.1) is 6.92 Å². The molecule has 3 nitrogen and oxygen atoms in total. The topological polar surface area (TPSA) is 32.3 Å². The van der Waals surface area contributed by atoms with Gasteiger partial charge in [0.2, 0.25) is 0 Å². The summed E-state index contributed by atoms with van der Waals surface area (Å²) < 4.78 is 0. The summed E-state index contributed by atoms with van der Waals surface area (Å²) in [5, 5.41) is 3.19. The average Bonchev–Trinajstić information content (AvgIpc) is 3.15. The number of thiophene rings is 1. The molecule has 1 fully saturated rings. The highest BCUT2D eigenvalue weighted by atomic mass is 32.2. The van der Waals surface area contributed by atoms with Crippen molar-refractivity contribution >= 4 is 34.8 Å². The van der Waals surface area contributed by atoms with E-state index >= 15 is 0 Å². The minimum Gasteiger partial charge on any atom is -0.308 e. The molecule has 1 atom stereocenters. The number of carbonyl (C=O) groups is 1. The Labute approximate surface area is 139 Å². The second-order valence-corrected chi connectivity index (χ2v) is 7.86. The van der Waals surface area contributed by atoms with Crippen LogP contribution in [-0.4, -0.2) is 23.2 Å². The van der Waals surface area contributed by atoms with Gasteiger partial charge >= 0.3 is 6.03 Å². The molecule has 0 spiro atoms. The van der Waals surface area contributed by atoms with Crippen LogP contribution in [0.15, 0.2) is 36.4 Å². The quantitative estimate of drug-likeness (QED) is 0.867. The van der Waals surface area contributed by atoms with Crippen LogP contribution >= 0.6 is 23.1 Å². The van der Waals surface area contributed by atoms with E-state index in [2.05, 4.69) is 37.4 Å². The summed E-state index contributed by atoms with van der Waals surface area (Å²) in [5.41, 5.74) is 2.11. The molecule has 0 radical (unpaired) electrons. The third-order valence-electron chi connectivity index (χ3n) is 3.74. The maximum Gasteiger partial charge on any atom is 0.323 e. The van der Waals surface area contributed by atoms with Crippen LogP contribution in [0.3, 0.4) is 0 Å². The smallest absolute Gasteiger partial charge is 0.308 e. The van der Waals surface area contributed by atoms with Gasteiger partial charge in [-0.2, -0.15) is 0 Å². The number of nitrogens with one attached hydrogen (secondary N) is 1. The number of amides is 2. The van der Waals surface area contributed by atoms with Crippen molar-refractivity contribution in [3.05, 3.63) is 51.7 Å². The molecule has 1 N–H and O–H groups in total. The lowest BCUT2D eigenvalue weighted by Crippen LogP contribution is -2.34. The van der Waals surface area contributed by atoms with Crippen molar-refractivity contribution in [1.82, 2.24) is 4.90 Å². The normalized spacial score (nSPS) is 17.7. The van der Waals surface area contributed by atoms with Crippen LogP contribution in [0.4, 0.5) is 10.5 Å². The van der Waals surface area contributed by atoms with Crippen LogP contribution in [-0.2, 0) is 6.42 Å². The summed E-state index contributed by atoms with van der Waals surface area (Å²) >= 11 is 3.61. The molecule has 0 aliphatic carbocycles. The molecule has 2 aromatic rings. The van der Waals surface area contributed by atoms with Crippen LogP contribution in [0.25, 0.3) is 0 Å². The van der Waals surface area contributed by atoms with E-state index in [1.807, 2.05) is 34.9 Å². The number of urea groups is 1. The molecule has 1 aliphatic heterocycles. The Balaban J connectivity index is 1.73. The van der Waals surface area contributed by atoms with Gasteiger partial charge in [-0.1, -0.05) is 19.1 Å². The minimum absolute atomic E-state index is 0.00527. The third kappa shape index (κ3) is 3.31. The van der Waals surface area contributed by atoms with E-state index in [1.165, 1.54) is 15.3 Å². The van der Waals surface area contributed by atoms with Crippen molar-refractivity contribution in [1.29, 1.82) is 0 Å². The summed E-state index contributed by atoms with van der Waals surface area (Å²) in [7, 11) is 0. The number of rotatable bonds is 3. The van der Waals surface area contributed by atoms with Crippen molar-refractivity contribution in [3.63, 3.8) is 0 Å². The molecule has 0 unspecified atom stereocenters. The van der Waals surface area contributed by atoms with E-state index in [9.17, 15) is 4.79 Å². The molecule has 1 saturated heterocycles. The predicted molar refractivity (Wildman–Crippen MR) is 95.8 cm³/mol. The highest BCUT2D eigenvalue weighted by Crippen LogP contribution is 2.41. The fourth-order valence-corrected chi connectivity index (χ4v) is 4.93. The van der Waals surface area contributed by atoms with Gasteiger partial charge < -0.3 is 10.2 Å². The number of anilines is 1. The van der Waals surface area contributed by atoms with Gasteiger partial charge in [-0.15, -0.1) is 23.1 Å². The van der Waals surface area contributed by atoms with Crippen molar-refractivity contribution in [2.75, 3.05) is 17.6 Å². The highest BCUT2D eigenvalue weighted by Gasteiger charge is 2.31. The van der Waals surface area contributed by atoms with Gasteiger partial charge in [-0.3, -0.25) is 0 Å². The molecule has 0 bridgehead atoms. The number of hydrogen-bond acceptors (Lipinski definition) is 3. The summed E-state index contributed by atoms with van der Waals surface area (Å²) in [6, 6.07) is 12.3. The summed E-state index contributed by atoms with van der Waals surface area (Å²) in [5.74, 6) is 0.990. The molecule has 2 amide bonds. The Morgan fingerprint density at radius 2 is 2.23 bits per heavy atom. The Kier molecular flexibility index (Phi) is 4.74. The molecule has 1 aliphatic rings.